The van der Waals surface area contributed by atoms with Crippen molar-refractivity contribution >= 4 is 16.0 Å². The number of rotatable bonds is 3. The van der Waals surface area contributed by atoms with Crippen LogP contribution in [0.25, 0.3) is 0 Å². The molecule has 160 valence electrons. The molecule has 1 fully saturated rings. The first-order chi connectivity index (χ1) is 13.5. The first-order valence-corrected chi connectivity index (χ1v) is 11.3. The van der Waals surface area contributed by atoms with Crippen LogP contribution in [0, 0.1) is 6.92 Å². The lowest BCUT2D eigenvalue weighted by molar-refractivity contribution is -0.137. The molecule has 0 spiro atoms. The average molecular weight is 422 g/mol. The van der Waals surface area contributed by atoms with Crippen molar-refractivity contribution in [2.75, 3.05) is 40.0 Å². The number of hydrogen-bond acceptors (Lipinski definition) is 6. The quantitative estimate of drug-likeness (QED) is 0.697. The Morgan fingerprint density at radius 3 is 2.31 bits per heavy atom. The minimum atomic E-state index is -3.58. The van der Waals surface area contributed by atoms with Gasteiger partial charge in [-0.1, -0.05) is 17.7 Å². The number of benzene rings is 1. The number of methoxy groups -OCH3 is 1. The van der Waals surface area contributed by atoms with Crippen LogP contribution in [-0.4, -0.2) is 74.0 Å². The van der Waals surface area contributed by atoms with Gasteiger partial charge in [-0.2, -0.15) is 4.31 Å². The zero-order valence-corrected chi connectivity index (χ0v) is 18.8. The van der Waals surface area contributed by atoms with Gasteiger partial charge in [-0.3, -0.25) is 4.90 Å². The molecular weight excluding hydrogens is 390 g/mol. The molecule has 7 nitrogen and oxygen atoms in total. The monoisotopic (exact) mass is 421 g/mol. The minimum absolute atomic E-state index is 0.120. The summed E-state index contributed by atoms with van der Waals surface area (Å²) in [6.07, 6.45) is 0.494. The van der Waals surface area contributed by atoms with Gasteiger partial charge in [-0.15, -0.1) is 0 Å². The second kappa shape index (κ2) is 8.08. The highest BCUT2D eigenvalue weighted by Crippen LogP contribution is 2.30. The third kappa shape index (κ3) is 4.49. The van der Waals surface area contributed by atoms with E-state index in [-0.39, 0.29) is 11.5 Å². The fourth-order valence-electron chi connectivity index (χ4n) is 3.76. The Kier molecular flexibility index (Phi) is 6.08. The summed E-state index contributed by atoms with van der Waals surface area (Å²) in [5, 5.41) is 0. The molecule has 0 amide bonds. The standard InChI is InChI=1S/C21H31N3O4S/c1-16-6-8-17(9-7-16)29(26,27)24-11-10-19-18(20(25)28-5)14-23(21(2,3)4)15-22(19)12-13-24/h6-9H,10-15H2,1-5H3. The topological polar surface area (TPSA) is 70.2 Å². The first-order valence-electron chi connectivity index (χ1n) is 9.91. The Labute approximate surface area is 174 Å². The van der Waals surface area contributed by atoms with E-state index in [1.54, 1.807) is 12.1 Å². The van der Waals surface area contributed by atoms with Gasteiger partial charge in [0, 0.05) is 43.8 Å². The van der Waals surface area contributed by atoms with E-state index in [0.29, 0.717) is 49.7 Å². The van der Waals surface area contributed by atoms with E-state index >= 15 is 0 Å². The molecule has 1 aromatic carbocycles. The van der Waals surface area contributed by atoms with Crippen molar-refractivity contribution in [2.24, 2.45) is 0 Å². The molecule has 8 heteroatoms. The highest BCUT2D eigenvalue weighted by Gasteiger charge is 2.37. The van der Waals surface area contributed by atoms with Gasteiger partial charge >= 0.3 is 5.97 Å². The summed E-state index contributed by atoms with van der Waals surface area (Å²) in [6.45, 7) is 10.7. The molecule has 3 rings (SSSR count). The van der Waals surface area contributed by atoms with Crippen molar-refractivity contribution in [3.63, 3.8) is 0 Å². The zero-order valence-electron chi connectivity index (χ0n) is 17.9. The van der Waals surface area contributed by atoms with Crippen molar-refractivity contribution in [2.45, 2.75) is 44.6 Å². The number of aryl methyl sites for hydroxylation is 1. The second-order valence-electron chi connectivity index (χ2n) is 8.66. The van der Waals surface area contributed by atoms with Crippen LogP contribution in [0.15, 0.2) is 40.4 Å². The Morgan fingerprint density at radius 1 is 1.07 bits per heavy atom. The Bertz CT molecular complexity index is 901. The van der Waals surface area contributed by atoms with Crippen LogP contribution < -0.4 is 0 Å². The van der Waals surface area contributed by atoms with Crippen LogP contribution in [-0.2, 0) is 19.6 Å². The highest BCUT2D eigenvalue weighted by molar-refractivity contribution is 7.89. The molecule has 0 saturated carbocycles. The molecule has 0 aliphatic carbocycles. The molecule has 2 aliphatic rings. The average Bonchev–Trinajstić information content (AvgIpc) is 2.89. The van der Waals surface area contributed by atoms with E-state index in [1.807, 2.05) is 19.1 Å². The normalized spacial score (nSPS) is 19.7. The van der Waals surface area contributed by atoms with Gasteiger partial charge < -0.3 is 9.64 Å². The van der Waals surface area contributed by atoms with Crippen LogP contribution in [0.2, 0.25) is 0 Å². The Morgan fingerprint density at radius 2 is 1.72 bits per heavy atom. The van der Waals surface area contributed by atoms with Gasteiger partial charge in [0.1, 0.15) is 0 Å². The lowest BCUT2D eigenvalue weighted by Crippen LogP contribution is -2.53. The number of ether oxygens (including phenoxy) is 1. The van der Waals surface area contributed by atoms with Gasteiger partial charge in [0.25, 0.3) is 0 Å². The van der Waals surface area contributed by atoms with Crippen molar-refractivity contribution in [3.8, 4) is 0 Å². The van der Waals surface area contributed by atoms with E-state index in [2.05, 4.69) is 30.6 Å². The molecule has 0 atom stereocenters. The number of fused-ring (bicyclic) bond motifs is 1. The fraction of sp³-hybridized carbons (Fsp3) is 0.571. The lowest BCUT2D eigenvalue weighted by atomic mass is 10.0. The van der Waals surface area contributed by atoms with Gasteiger partial charge in [0.05, 0.1) is 24.2 Å². The van der Waals surface area contributed by atoms with Crippen molar-refractivity contribution in [1.29, 1.82) is 0 Å². The molecule has 0 radical (unpaired) electrons. The fourth-order valence-corrected chi connectivity index (χ4v) is 5.19. The molecule has 29 heavy (non-hydrogen) atoms. The number of carbonyl (C=O) groups is 1. The van der Waals surface area contributed by atoms with Crippen LogP contribution in [0.5, 0.6) is 0 Å². The molecular formula is C21H31N3O4S. The number of esters is 1. The molecule has 1 aromatic rings. The van der Waals surface area contributed by atoms with Crippen LogP contribution in [0.1, 0.15) is 32.8 Å². The van der Waals surface area contributed by atoms with Crippen molar-refractivity contribution < 1.29 is 17.9 Å². The van der Waals surface area contributed by atoms with E-state index in [1.165, 1.54) is 11.4 Å². The molecule has 1 saturated heterocycles. The summed E-state index contributed by atoms with van der Waals surface area (Å²) in [4.78, 5) is 17.1. The predicted molar refractivity (Wildman–Crippen MR) is 112 cm³/mol. The third-order valence-corrected chi connectivity index (χ3v) is 7.59. The van der Waals surface area contributed by atoms with E-state index in [4.69, 9.17) is 4.74 Å². The maximum atomic E-state index is 13.1. The number of carbonyl (C=O) groups excluding carboxylic acids is 1. The summed E-state index contributed by atoms with van der Waals surface area (Å²) in [6, 6.07) is 6.94. The van der Waals surface area contributed by atoms with Crippen LogP contribution in [0.3, 0.4) is 0 Å². The maximum Gasteiger partial charge on any atom is 0.336 e. The van der Waals surface area contributed by atoms with Gasteiger partial charge in [0.2, 0.25) is 10.0 Å². The molecule has 0 bridgehead atoms. The second-order valence-corrected chi connectivity index (χ2v) is 10.6. The molecule has 2 heterocycles. The Hall–Kier alpha value is -1.90. The predicted octanol–water partition coefficient (Wildman–Crippen LogP) is 2.19. The number of sulfonamides is 1. The van der Waals surface area contributed by atoms with Crippen molar-refractivity contribution in [3.05, 3.63) is 41.1 Å². The number of hydrogen-bond donors (Lipinski definition) is 0. The summed E-state index contributed by atoms with van der Waals surface area (Å²) < 4.78 is 32.8. The molecule has 0 unspecified atom stereocenters. The van der Waals surface area contributed by atoms with E-state index in [0.717, 1.165) is 11.3 Å². The number of nitrogens with zero attached hydrogens (tertiary/aromatic N) is 3. The van der Waals surface area contributed by atoms with E-state index in [9.17, 15) is 13.2 Å². The Balaban J connectivity index is 1.90. The summed E-state index contributed by atoms with van der Waals surface area (Å²) in [5.74, 6) is -0.339. The lowest BCUT2D eigenvalue weighted by Gasteiger charge is -2.44. The van der Waals surface area contributed by atoms with Gasteiger partial charge in [-0.25, -0.2) is 13.2 Å². The first kappa shape index (κ1) is 21.8. The van der Waals surface area contributed by atoms with Gasteiger partial charge in [0.15, 0.2) is 0 Å². The smallest absolute Gasteiger partial charge is 0.336 e. The maximum absolute atomic E-state index is 13.1. The van der Waals surface area contributed by atoms with Gasteiger partial charge in [-0.05, 0) is 39.8 Å². The SMILES string of the molecule is COC(=O)C1=C2CCN(S(=O)(=O)c3ccc(C)cc3)CCN2CN(C(C)(C)C)C1. The highest BCUT2D eigenvalue weighted by atomic mass is 32.2. The summed E-state index contributed by atoms with van der Waals surface area (Å²) >= 11 is 0. The minimum Gasteiger partial charge on any atom is -0.466 e. The largest absolute Gasteiger partial charge is 0.466 e. The molecule has 0 N–H and O–H groups in total. The van der Waals surface area contributed by atoms with E-state index < -0.39 is 10.0 Å². The van der Waals surface area contributed by atoms with Crippen LogP contribution in [0.4, 0.5) is 0 Å². The third-order valence-electron chi connectivity index (χ3n) is 5.68. The molecule has 0 aromatic heterocycles. The van der Waals surface area contributed by atoms with Crippen molar-refractivity contribution in [1.82, 2.24) is 14.1 Å². The zero-order chi connectivity index (χ0) is 21.4. The van der Waals surface area contributed by atoms with Crippen LogP contribution >= 0.6 is 0 Å². The summed E-state index contributed by atoms with van der Waals surface area (Å²) in [5.41, 5.74) is 2.43. The summed E-state index contributed by atoms with van der Waals surface area (Å²) in [7, 11) is -2.19. The molecule has 2 aliphatic heterocycles.